The number of hydrogen-bond acceptors (Lipinski definition) is 6. The van der Waals surface area contributed by atoms with Crippen molar-refractivity contribution in [2.75, 3.05) is 24.7 Å². The van der Waals surface area contributed by atoms with Crippen molar-refractivity contribution in [2.45, 2.75) is 0 Å². The number of nitrogens with one attached hydrogen (secondary N) is 1. The maximum absolute atomic E-state index is 13.7. The zero-order chi connectivity index (χ0) is 28.9. The van der Waals surface area contributed by atoms with Crippen molar-refractivity contribution >= 4 is 54.0 Å². The highest BCUT2D eigenvalue weighted by molar-refractivity contribution is 7.92. The van der Waals surface area contributed by atoms with Gasteiger partial charge in [-0.15, -0.1) is 11.3 Å². The molecule has 3 heterocycles. The molecule has 6 aromatic rings. The van der Waals surface area contributed by atoms with Crippen molar-refractivity contribution in [2.24, 2.45) is 0 Å². The normalized spacial score (nSPS) is 11.7. The Balaban J connectivity index is 1.61. The average Bonchev–Trinajstić information content (AvgIpc) is 3.57. The van der Waals surface area contributed by atoms with E-state index in [9.17, 15) is 17.6 Å². The molecule has 0 unspecified atom stereocenters. The Morgan fingerprint density at radius 3 is 2.46 bits per heavy atom. The van der Waals surface area contributed by atoms with Crippen molar-refractivity contribution in [1.82, 2.24) is 10.3 Å². The second kappa shape index (κ2) is 10.1. The molecular weight excluding hydrogens is 561 g/mol. The molecule has 0 spiro atoms. The fourth-order valence-corrected chi connectivity index (χ4v) is 6.34. The fraction of sp³-hybridized carbons (Fsp3) is 0.0968. The van der Waals surface area contributed by atoms with Gasteiger partial charge in [0.1, 0.15) is 17.2 Å². The summed E-state index contributed by atoms with van der Waals surface area (Å²) in [5.41, 5.74) is 3.49. The minimum atomic E-state index is -3.66. The SMILES string of the molecule is CNC(=O)c1c(-c2ccc(F)cc2)oc2cc(N(C)S(C)(=O)=O)c(-c3ccnc(-c4cc5ccccc5s4)c3)cc12. The number of carbonyl (C=O) groups is 1. The Morgan fingerprint density at radius 2 is 1.76 bits per heavy atom. The quantitative estimate of drug-likeness (QED) is 0.229. The molecule has 0 saturated heterocycles. The van der Waals surface area contributed by atoms with E-state index in [0.717, 1.165) is 26.9 Å². The summed E-state index contributed by atoms with van der Waals surface area (Å²) in [5, 5.41) is 4.26. The lowest BCUT2D eigenvalue weighted by atomic mass is 9.98. The summed E-state index contributed by atoms with van der Waals surface area (Å²) >= 11 is 1.62. The molecule has 3 aromatic heterocycles. The number of pyridine rings is 1. The number of rotatable bonds is 6. The highest BCUT2D eigenvalue weighted by Crippen LogP contribution is 2.42. The summed E-state index contributed by atoms with van der Waals surface area (Å²) in [4.78, 5) is 18.7. The predicted molar refractivity (Wildman–Crippen MR) is 162 cm³/mol. The second-order valence-corrected chi connectivity index (χ2v) is 12.7. The van der Waals surface area contributed by atoms with Crippen molar-refractivity contribution in [3.05, 3.63) is 96.4 Å². The van der Waals surface area contributed by atoms with E-state index in [4.69, 9.17) is 4.42 Å². The van der Waals surface area contributed by atoms with Crippen molar-refractivity contribution < 1.29 is 22.0 Å². The van der Waals surface area contributed by atoms with Gasteiger partial charge < -0.3 is 9.73 Å². The number of furan rings is 1. The molecule has 0 aliphatic carbocycles. The van der Waals surface area contributed by atoms with Gasteiger partial charge in [0.25, 0.3) is 5.91 Å². The maximum Gasteiger partial charge on any atom is 0.255 e. The van der Waals surface area contributed by atoms with Crippen molar-refractivity contribution in [3.63, 3.8) is 0 Å². The van der Waals surface area contributed by atoms with Crippen LogP contribution in [0.2, 0.25) is 0 Å². The van der Waals surface area contributed by atoms with Gasteiger partial charge in [0.15, 0.2) is 0 Å². The molecule has 3 aromatic carbocycles. The molecule has 0 bridgehead atoms. The van der Waals surface area contributed by atoms with E-state index >= 15 is 0 Å². The highest BCUT2D eigenvalue weighted by Gasteiger charge is 2.26. The first-order chi connectivity index (χ1) is 19.6. The van der Waals surface area contributed by atoms with Crippen LogP contribution in [0.3, 0.4) is 0 Å². The lowest BCUT2D eigenvalue weighted by Crippen LogP contribution is -2.25. The molecule has 0 aliphatic heterocycles. The Morgan fingerprint density at radius 1 is 1.00 bits per heavy atom. The number of amides is 1. The third kappa shape index (κ3) is 4.85. The summed E-state index contributed by atoms with van der Waals surface area (Å²) in [6.45, 7) is 0. The summed E-state index contributed by atoms with van der Waals surface area (Å²) < 4.78 is 47.5. The lowest BCUT2D eigenvalue weighted by Gasteiger charge is -2.21. The molecule has 0 aliphatic rings. The van der Waals surface area contributed by atoms with Gasteiger partial charge in [0.2, 0.25) is 10.0 Å². The number of carbonyl (C=O) groups excluding carboxylic acids is 1. The number of nitrogens with zero attached hydrogens (tertiary/aromatic N) is 2. The Bertz CT molecular complexity index is 2030. The van der Waals surface area contributed by atoms with Gasteiger partial charge in [0, 0.05) is 47.6 Å². The third-order valence-corrected chi connectivity index (χ3v) is 9.28. The molecule has 1 N–H and O–H groups in total. The molecule has 0 radical (unpaired) electrons. The van der Waals surface area contributed by atoms with Crippen LogP contribution in [0.25, 0.3) is 54.1 Å². The first-order valence-corrected chi connectivity index (χ1v) is 15.3. The number of anilines is 1. The zero-order valence-electron chi connectivity index (χ0n) is 22.3. The van der Waals surface area contributed by atoms with Gasteiger partial charge >= 0.3 is 0 Å². The smallest absolute Gasteiger partial charge is 0.255 e. The van der Waals surface area contributed by atoms with Crippen LogP contribution in [0.15, 0.2) is 89.5 Å². The molecule has 0 saturated carbocycles. The van der Waals surface area contributed by atoms with E-state index in [1.54, 1.807) is 35.7 Å². The van der Waals surface area contributed by atoms with Gasteiger partial charge in [-0.3, -0.25) is 14.1 Å². The standard InChI is InChI=1S/C31H24FN3O4S2/c1-33-31(36)29-23-16-22(19-12-13-34-24(14-19)28-15-20-6-4-5-7-27(20)40-28)25(35(2)41(3,37)38)17-26(23)39-30(29)18-8-10-21(32)11-9-18/h4-17H,1-3H3,(H,33,36). The van der Waals surface area contributed by atoms with Crippen molar-refractivity contribution in [1.29, 1.82) is 0 Å². The van der Waals surface area contributed by atoms with Gasteiger partial charge in [-0.1, -0.05) is 18.2 Å². The molecule has 10 heteroatoms. The minimum Gasteiger partial charge on any atom is -0.455 e. The van der Waals surface area contributed by atoms with Crippen LogP contribution < -0.4 is 9.62 Å². The number of benzene rings is 3. The molecule has 0 fully saturated rings. The summed E-state index contributed by atoms with van der Waals surface area (Å²) in [6, 6.07) is 22.9. The first kappa shape index (κ1) is 26.7. The summed E-state index contributed by atoms with van der Waals surface area (Å²) in [6.07, 6.45) is 2.81. The number of sulfonamides is 1. The fourth-order valence-electron chi connectivity index (χ4n) is 4.80. The largest absolute Gasteiger partial charge is 0.455 e. The highest BCUT2D eigenvalue weighted by atomic mass is 32.2. The van der Waals surface area contributed by atoms with E-state index in [-0.39, 0.29) is 17.2 Å². The van der Waals surface area contributed by atoms with Crippen LogP contribution in [-0.4, -0.2) is 39.7 Å². The van der Waals surface area contributed by atoms with Gasteiger partial charge in [-0.2, -0.15) is 0 Å². The molecule has 6 rings (SSSR count). The molecule has 206 valence electrons. The molecule has 7 nitrogen and oxygen atoms in total. The molecular formula is C31H24FN3O4S2. The number of fused-ring (bicyclic) bond motifs is 2. The van der Waals surface area contributed by atoms with Gasteiger partial charge in [-0.25, -0.2) is 12.8 Å². The number of aromatic nitrogens is 1. The molecule has 1 amide bonds. The monoisotopic (exact) mass is 585 g/mol. The zero-order valence-corrected chi connectivity index (χ0v) is 23.9. The summed E-state index contributed by atoms with van der Waals surface area (Å²) in [5.74, 6) is -0.554. The number of hydrogen-bond donors (Lipinski definition) is 1. The molecule has 0 atom stereocenters. The van der Waals surface area contributed by atoms with Crippen LogP contribution in [-0.2, 0) is 10.0 Å². The van der Waals surface area contributed by atoms with Crippen molar-refractivity contribution in [3.8, 4) is 33.0 Å². The second-order valence-electron chi connectivity index (χ2n) is 9.57. The average molecular weight is 586 g/mol. The van der Waals surface area contributed by atoms with Crippen LogP contribution >= 0.6 is 11.3 Å². The van der Waals surface area contributed by atoms with E-state index in [0.29, 0.717) is 33.3 Å². The van der Waals surface area contributed by atoms with Gasteiger partial charge in [-0.05, 0) is 65.5 Å². The van der Waals surface area contributed by atoms with Gasteiger partial charge in [0.05, 0.1) is 28.1 Å². The summed E-state index contributed by atoms with van der Waals surface area (Å²) in [7, 11) is -0.673. The van der Waals surface area contributed by atoms with E-state index in [1.807, 2.05) is 24.3 Å². The predicted octanol–water partition coefficient (Wildman–Crippen LogP) is 6.94. The Labute approximate surface area is 239 Å². The minimum absolute atomic E-state index is 0.255. The Hall–Kier alpha value is -4.54. The maximum atomic E-state index is 13.7. The van der Waals surface area contributed by atoms with Crippen LogP contribution in [0, 0.1) is 5.82 Å². The van der Waals surface area contributed by atoms with E-state index < -0.39 is 15.8 Å². The number of thiophene rings is 1. The molecule has 41 heavy (non-hydrogen) atoms. The van der Waals surface area contributed by atoms with E-state index in [2.05, 4.69) is 22.4 Å². The van der Waals surface area contributed by atoms with Crippen LogP contribution in [0.1, 0.15) is 10.4 Å². The Kier molecular flexibility index (Phi) is 6.59. The third-order valence-electron chi connectivity index (χ3n) is 6.95. The van der Waals surface area contributed by atoms with Crippen LogP contribution in [0.5, 0.6) is 0 Å². The number of halogens is 1. The van der Waals surface area contributed by atoms with Crippen LogP contribution in [0.4, 0.5) is 10.1 Å². The van der Waals surface area contributed by atoms with E-state index in [1.165, 1.54) is 42.7 Å². The topological polar surface area (TPSA) is 92.5 Å². The lowest BCUT2D eigenvalue weighted by molar-refractivity contribution is 0.0964. The first-order valence-electron chi connectivity index (χ1n) is 12.6.